The third kappa shape index (κ3) is 6.15. The third-order valence-electron chi connectivity index (χ3n) is 10.1. The molecule has 1 spiro atoms. The minimum absolute atomic E-state index is 0.00630. The zero-order valence-corrected chi connectivity index (χ0v) is 28.2. The molecule has 1 atom stereocenters. The molecule has 0 saturated carbocycles. The van der Waals surface area contributed by atoms with Gasteiger partial charge in [0, 0.05) is 49.7 Å². The number of pyridine rings is 1. The number of nitrogens with one attached hydrogen (secondary N) is 1. The van der Waals surface area contributed by atoms with Gasteiger partial charge in [-0.25, -0.2) is 9.98 Å². The van der Waals surface area contributed by atoms with Crippen LogP contribution < -0.4 is 16.4 Å². The maximum absolute atomic E-state index is 14.0. The van der Waals surface area contributed by atoms with E-state index in [1.165, 1.54) is 11.9 Å². The number of anilines is 2. The molecule has 0 bridgehead atoms. The number of carbonyl (C=O) groups is 2. The summed E-state index contributed by atoms with van der Waals surface area (Å²) in [6.07, 6.45) is 5.66. The molecular weight excluding hydrogens is 632 g/mol. The Labute approximate surface area is 289 Å². The molecule has 13 heteroatoms. The highest BCUT2D eigenvalue weighted by molar-refractivity contribution is 6.14. The normalized spacial score (nSPS) is 20.1. The highest BCUT2D eigenvalue weighted by Gasteiger charge is 2.51. The van der Waals surface area contributed by atoms with E-state index >= 15 is 0 Å². The van der Waals surface area contributed by atoms with E-state index in [1.807, 2.05) is 42.2 Å². The first-order chi connectivity index (χ1) is 24.2. The Morgan fingerprint density at radius 2 is 1.86 bits per heavy atom. The summed E-state index contributed by atoms with van der Waals surface area (Å²) < 4.78 is 5.31. The first kappa shape index (κ1) is 32.8. The van der Waals surface area contributed by atoms with Gasteiger partial charge in [0.05, 0.1) is 29.1 Å². The maximum atomic E-state index is 14.0. The molecule has 3 aliphatic heterocycles. The Morgan fingerprint density at radius 1 is 1.08 bits per heavy atom. The molecule has 0 aliphatic carbocycles. The van der Waals surface area contributed by atoms with Gasteiger partial charge < -0.3 is 20.9 Å². The van der Waals surface area contributed by atoms with Crippen LogP contribution in [0.4, 0.5) is 11.5 Å². The van der Waals surface area contributed by atoms with Crippen LogP contribution in [-0.2, 0) is 9.59 Å². The number of rotatable bonds is 8. The number of fused-ring (bicyclic) bond motifs is 1. The summed E-state index contributed by atoms with van der Waals surface area (Å²) in [6.45, 7) is 5.04. The lowest BCUT2D eigenvalue weighted by molar-refractivity contribution is -0.132. The van der Waals surface area contributed by atoms with Crippen molar-refractivity contribution in [3.8, 4) is 0 Å². The molecule has 0 unspecified atom stereocenters. The number of nitrogens with zero attached hydrogens (tertiary/aromatic N) is 7. The van der Waals surface area contributed by atoms with Crippen molar-refractivity contribution in [2.24, 2.45) is 21.1 Å². The van der Waals surface area contributed by atoms with E-state index < -0.39 is 5.41 Å². The van der Waals surface area contributed by atoms with Gasteiger partial charge >= 0.3 is 0 Å². The van der Waals surface area contributed by atoms with Gasteiger partial charge in [0.25, 0.3) is 0 Å². The van der Waals surface area contributed by atoms with Crippen LogP contribution in [0.3, 0.4) is 0 Å². The van der Waals surface area contributed by atoms with Gasteiger partial charge in [-0.3, -0.25) is 29.8 Å². The van der Waals surface area contributed by atoms with Crippen molar-refractivity contribution in [2.45, 2.75) is 26.2 Å². The zero-order chi connectivity index (χ0) is 35.0. The fourth-order valence-corrected chi connectivity index (χ4v) is 7.17. The molecule has 2 fully saturated rings. The Kier molecular flexibility index (Phi) is 8.74. The lowest BCUT2D eigenvalue weighted by Gasteiger charge is -2.29. The van der Waals surface area contributed by atoms with Crippen molar-refractivity contribution in [1.82, 2.24) is 19.9 Å². The van der Waals surface area contributed by atoms with Crippen molar-refractivity contribution in [3.63, 3.8) is 0 Å². The zero-order valence-electron chi connectivity index (χ0n) is 28.2. The summed E-state index contributed by atoms with van der Waals surface area (Å²) in [5, 5.41) is 13.7. The number of carbonyl (C=O) groups excluding carboxylic acids is 2. The van der Waals surface area contributed by atoms with Crippen molar-refractivity contribution >= 4 is 57.7 Å². The smallest absolute Gasteiger partial charge is 0.237 e. The summed E-state index contributed by atoms with van der Waals surface area (Å²) in [7, 11) is 1.64. The minimum Gasteiger partial charge on any atom is -0.397 e. The highest BCUT2D eigenvalue weighted by atomic mass is 16.5. The van der Waals surface area contributed by atoms with Crippen LogP contribution in [0.25, 0.3) is 16.5 Å². The predicted octanol–water partition coefficient (Wildman–Crippen LogP) is 3.64. The van der Waals surface area contributed by atoms with Gasteiger partial charge in [-0.15, -0.1) is 0 Å². The average molecular weight is 673 g/mol. The van der Waals surface area contributed by atoms with Crippen molar-refractivity contribution in [1.29, 1.82) is 5.41 Å². The van der Waals surface area contributed by atoms with Crippen LogP contribution in [0.1, 0.15) is 47.3 Å². The molecule has 0 radical (unpaired) electrons. The standard InChI is InChI=1S/C37H40N10O3/c1-23-28-19-27(7-9-30(28)50-44-23)33(39)34-29(38)8-10-31(43-34)47-18-14-37(36(47)49)13-17-45(21-37)20-32(48)46-15-11-25(12-16-46)24-3-5-26(6-4-24)35(40)42-22-41-2/h3-11,19,22,39H,12-18,20-21,38H2,1-2H3,(H2,40,41,42)/t37-/m0/s1. The molecular formula is C37H40N10O3. The maximum Gasteiger partial charge on any atom is 0.237 e. The second-order valence-electron chi connectivity index (χ2n) is 13.2. The topological polar surface area (TPSA) is 183 Å². The van der Waals surface area contributed by atoms with Crippen LogP contribution in [0.2, 0.25) is 0 Å². The Balaban J connectivity index is 0.969. The number of benzene rings is 2. The number of nitrogens with two attached hydrogens (primary N) is 2. The van der Waals surface area contributed by atoms with E-state index in [9.17, 15) is 9.59 Å². The number of aryl methyl sites for hydroxylation is 1. The SMILES string of the molecule is CN=CN=C(N)c1ccc(C2=CCN(C(=O)CN3CC[C@]4(CCN(c5ccc(N)c(C(=N)c6ccc7onc(C)c7c6)n5)C4=O)C3)CC2)cc1. The predicted molar refractivity (Wildman–Crippen MR) is 195 cm³/mol. The number of likely N-dealkylation sites (tertiary alicyclic amines) is 1. The molecule has 2 amide bonds. The minimum atomic E-state index is -0.563. The number of hydrogen-bond acceptors (Lipinski definition) is 9. The highest BCUT2D eigenvalue weighted by Crippen LogP contribution is 2.42. The molecule has 3 aliphatic rings. The second kappa shape index (κ2) is 13.3. The molecule has 5 N–H and O–H groups in total. The lowest BCUT2D eigenvalue weighted by Crippen LogP contribution is -2.43. The van der Waals surface area contributed by atoms with E-state index in [0.717, 1.165) is 28.6 Å². The fraction of sp³-hybridized carbons (Fsp3) is 0.324. The fourth-order valence-electron chi connectivity index (χ4n) is 7.17. The van der Waals surface area contributed by atoms with Crippen molar-refractivity contribution in [3.05, 3.63) is 88.8 Å². The largest absolute Gasteiger partial charge is 0.397 e. The summed E-state index contributed by atoms with van der Waals surface area (Å²) in [4.78, 5) is 45.7. The molecule has 2 aromatic heterocycles. The van der Waals surface area contributed by atoms with Crippen LogP contribution in [0.15, 0.2) is 75.2 Å². The van der Waals surface area contributed by atoms with Gasteiger partial charge in [0.15, 0.2) is 5.58 Å². The number of hydrogen-bond donors (Lipinski definition) is 3. The summed E-state index contributed by atoms with van der Waals surface area (Å²) in [6, 6.07) is 16.8. The van der Waals surface area contributed by atoms with E-state index in [0.29, 0.717) is 79.7 Å². The van der Waals surface area contributed by atoms with E-state index in [1.54, 1.807) is 36.2 Å². The molecule has 7 rings (SSSR count). The Morgan fingerprint density at radius 3 is 2.62 bits per heavy atom. The first-order valence-corrected chi connectivity index (χ1v) is 16.7. The van der Waals surface area contributed by atoms with Crippen LogP contribution >= 0.6 is 0 Å². The monoisotopic (exact) mass is 672 g/mol. The van der Waals surface area contributed by atoms with Crippen molar-refractivity contribution in [2.75, 3.05) is 56.9 Å². The number of amidine groups is 1. The Bertz CT molecular complexity index is 2080. The van der Waals surface area contributed by atoms with E-state index in [-0.39, 0.29) is 24.1 Å². The quantitative estimate of drug-likeness (QED) is 0.187. The van der Waals surface area contributed by atoms with Crippen molar-refractivity contribution < 1.29 is 14.1 Å². The summed E-state index contributed by atoms with van der Waals surface area (Å²) in [5.74, 6) is 0.964. The van der Waals surface area contributed by atoms with E-state index in [2.05, 4.69) is 26.1 Å². The second-order valence-corrected chi connectivity index (χ2v) is 13.2. The van der Waals surface area contributed by atoms with Crippen LogP contribution in [0, 0.1) is 17.7 Å². The molecule has 2 aromatic carbocycles. The third-order valence-corrected chi connectivity index (χ3v) is 10.1. The molecule has 2 saturated heterocycles. The van der Waals surface area contributed by atoms with Gasteiger partial charge in [-0.05, 0) is 74.2 Å². The first-order valence-electron chi connectivity index (χ1n) is 16.7. The number of aliphatic imine (C=N–C) groups is 2. The number of aromatic nitrogens is 2. The van der Waals surface area contributed by atoms with Crippen LogP contribution in [0.5, 0.6) is 0 Å². The molecule has 4 aromatic rings. The van der Waals surface area contributed by atoms with Crippen LogP contribution in [-0.4, -0.2) is 96.0 Å². The van der Waals surface area contributed by atoms with Gasteiger partial charge in [-0.2, -0.15) is 0 Å². The molecule has 50 heavy (non-hydrogen) atoms. The lowest BCUT2D eigenvalue weighted by atomic mass is 9.85. The Hall–Kier alpha value is -5.69. The average Bonchev–Trinajstić information content (AvgIpc) is 3.83. The number of amides is 2. The van der Waals surface area contributed by atoms with E-state index in [4.69, 9.17) is 26.4 Å². The van der Waals surface area contributed by atoms with Gasteiger partial charge in [0.2, 0.25) is 11.8 Å². The summed E-state index contributed by atoms with van der Waals surface area (Å²) >= 11 is 0. The number of nitrogen functional groups attached to an aromatic ring is 1. The van der Waals surface area contributed by atoms with Gasteiger partial charge in [0.1, 0.15) is 23.7 Å². The van der Waals surface area contributed by atoms with Gasteiger partial charge in [-0.1, -0.05) is 35.5 Å². The summed E-state index contributed by atoms with van der Waals surface area (Å²) in [5.41, 5.74) is 17.7. The molecule has 5 heterocycles. The molecule has 13 nitrogen and oxygen atoms in total. The molecule has 256 valence electrons.